The third-order valence-corrected chi connectivity index (χ3v) is 5.89. The van der Waals surface area contributed by atoms with E-state index < -0.39 is 5.60 Å². The maximum Gasteiger partial charge on any atom is 0.315 e. The van der Waals surface area contributed by atoms with Crippen LogP contribution in [0.4, 0.5) is 4.79 Å². The number of rotatable bonds is 4. The smallest absolute Gasteiger partial charge is 0.315 e. The summed E-state index contributed by atoms with van der Waals surface area (Å²) in [6.07, 6.45) is 5.76. The highest BCUT2D eigenvalue weighted by Crippen LogP contribution is 2.32. The zero-order valence-corrected chi connectivity index (χ0v) is 15.8. The van der Waals surface area contributed by atoms with E-state index in [0.717, 1.165) is 24.2 Å². The molecule has 140 valence electrons. The van der Waals surface area contributed by atoms with Crippen molar-refractivity contribution in [2.45, 2.75) is 76.6 Å². The van der Waals surface area contributed by atoms with Crippen LogP contribution >= 0.6 is 0 Å². The van der Waals surface area contributed by atoms with Crippen molar-refractivity contribution in [3.05, 3.63) is 23.2 Å². The molecule has 0 spiro atoms. The number of carbonyl (C=O) groups is 1. The molecule has 3 N–H and O–H groups in total. The van der Waals surface area contributed by atoms with Crippen LogP contribution in [-0.4, -0.2) is 47.8 Å². The molecule has 2 amide bonds. The van der Waals surface area contributed by atoms with Crippen molar-refractivity contribution in [2.75, 3.05) is 13.6 Å². The molecule has 6 heteroatoms. The number of piperidine rings is 2. The minimum Gasteiger partial charge on any atom is -0.466 e. The minimum absolute atomic E-state index is 0.151. The van der Waals surface area contributed by atoms with Crippen LogP contribution in [0.3, 0.4) is 0 Å². The van der Waals surface area contributed by atoms with Gasteiger partial charge in [-0.1, -0.05) is 6.42 Å². The second-order valence-electron chi connectivity index (χ2n) is 8.00. The Morgan fingerprint density at radius 2 is 2.00 bits per heavy atom. The van der Waals surface area contributed by atoms with E-state index in [1.54, 1.807) is 6.92 Å². The molecule has 3 rings (SSSR count). The number of aliphatic hydroxyl groups is 1. The highest BCUT2D eigenvalue weighted by molar-refractivity contribution is 5.74. The Labute approximate surface area is 150 Å². The number of amides is 2. The van der Waals surface area contributed by atoms with E-state index in [2.05, 4.69) is 22.6 Å². The molecule has 1 aromatic rings. The molecule has 3 heterocycles. The predicted octanol–water partition coefficient (Wildman–Crippen LogP) is 2.42. The third-order valence-electron chi connectivity index (χ3n) is 5.89. The first kappa shape index (κ1) is 18.3. The predicted molar refractivity (Wildman–Crippen MR) is 96.5 cm³/mol. The van der Waals surface area contributed by atoms with Crippen molar-refractivity contribution in [2.24, 2.45) is 0 Å². The first-order valence-electron chi connectivity index (χ1n) is 9.32. The number of nitrogens with one attached hydrogen (secondary N) is 2. The average molecular weight is 349 g/mol. The van der Waals surface area contributed by atoms with Gasteiger partial charge in [0.05, 0.1) is 6.54 Å². The summed E-state index contributed by atoms with van der Waals surface area (Å²) in [6.45, 7) is 5.53. The molecule has 0 radical (unpaired) electrons. The summed E-state index contributed by atoms with van der Waals surface area (Å²) in [5.41, 5.74) is -0.429. The third kappa shape index (κ3) is 4.01. The van der Waals surface area contributed by atoms with Crippen molar-refractivity contribution in [1.29, 1.82) is 0 Å². The van der Waals surface area contributed by atoms with Gasteiger partial charge < -0.3 is 25.1 Å². The van der Waals surface area contributed by atoms with Gasteiger partial charge in [-0.05, 0) is 59.6 Å². The van der Waals surface area contributed by atoms with Crippen LogP contribution in [-0.2, 0) is 5.60 Å². The van der Waals surface area contributed by atoms with Crippen molar-refractivity contribution >= 4 is 6.03 Å². The van der Waals surface area contributed by atoms with Crippen molar-refractivity contribution in [3.8, 4) is 0 Å². The summed E-state index contributed by atoms with van der Waals surface area (Å²) in [5, 5.41) is 16.6. The van der Waals surface area contributed by atoms with E-state index in [4.69, 9.17) is 4.42 Å². The summed E-state index contributed by atoms with van der Waals surface area (Å²) >= 11 is 0. The summed E-state index contributed by atoms with van der Waals surface area (Å²) in [4.78, 5) is 14.8. The van der Waals surface area contributed by atoms with Gasteiger partial charge in [-0.15, -0.1) is 0 Å². The zero-order valence-electron chi connectivity index (χ0n) is 15.8. The van der Waals surface area contributed by atoms with Crippen LogP contribution in [0.25, 0.3) is 0 Å². The molecule has 2 bridgehead atoms. The van der Waals surface area contributed by atoms with Gasteiger partial charge >= 0.3 is 6.03 Å². The average Bonchev–Trinajstić information content (AvgIpc) is 2.86. The summed E-state index contributed by atoms with van der Waals surface area (Å²) in [5.74, 6) is 1.45. The summed E-state index contributed by atoms with van der Waals surface area (Å²) in [7, 11) is 2.21. The lowest BCUT2D eigenvalue weighted by Gasteiger charge is -2.47. The number of nitrogens with zero attached hydrogens (tertiary/aromatic N) is 1. The Morgan fingerprint density at radius 1 is 1.36 bits per heavy atom. The first-order chi connectivity index (χ1) is 11.8. The Kier molecular flexibility index (Phi) is 5.11. The van der Waals surface area contributed by atoms with Gasteiger partial charge in [0.1, 0.15) is 17.1 Å². The molecular formula is C19H31N3O3. The lowest BCUT2D eigenvalue weighted by molar-refractivity contribution is 0.0479. The number of aryl methyl sites for hydroxylation is 2. The van der Waals surface area contributed by atoms with E-state index in [1.807, 2.05) is 19.9 Å². The summed E-state index contributed by atoms with van der Waals surface area (Å²) < 4.78 is 5.49. The monoisotopic (exact) mass is 349 g/mol. The highest BCUT2D eigenvalue weighted by atomic mass is 16.3. The Morgan fingerprint density at radius 3 is 2.56 bits per heavy atom. The number of urea groups is 1. The fraction of sp³-hybridized carbons (Fsp3) is 0.737. The fourth-order valence-electron chi connectivity index (χ4n) is 4.48. The molecule has 0 aromatic carbocycles. The molecule has 3 atom stereocenters. The number of fused-ring (bicyclic) bond motifs is 2. The second-order valence-corrected chi connectivity index (χ2v) is 8.00. The molecule has 0 aliphatic carbocycles. The van der Waals surface area contributed by atoms with Crippen LogP contribution in [0, 0.1) is 13.8 Å². The van der Waals surface area contributed by atoms with Crippen molar-refractivity contribution in [1.82, 2.24) is 15.5 Å². The van der Waals surface area contributed by atoms with Crippen LogP contribution in [0.15, 0.2) is 10.5 Å². The lowest BCUT2D eigenvalue weighted by atomic mass is 9.82. The molecular weight excluding hydrogens is 318 g/mol. The number of hydrogen-bond acceptors (Lipinski definition) is 4. The van der Waals surface area contributed by atoms with Gasteiger partial charge in [0.2, 0.25) is 0 Å². The Bertz CT molecular complexity index is 611. The minimum atomic E-state index is -1.15. The van der Waals surface area contributed by atoms with Gasteiger partial charge in [0.25, 0.3) is 0 Å². The van der Waals surface area contributed by atoms with Crippen LogP contribution in [0.5, 0.6) is 0 Å². The van der Waals surface area contributed by atoms with Crippen LogP contribution in [0.1, 0.15) is 56.1 Å². The molecule has 2 aliphatic rings. The quantitative estimate of drug-likeness (QED) is 0.780. The second kappa shape index (κ2) is 7.00. The topological polar surface area (TPSA) is 77.7 Å². The number of carbonyl (C=O) groups excluding carboxylic acids is 1. The van der Waals surface area contributed by atoms with Crippen LogP contribution < -0.4 is 10.6 Å². The van der Waals surface area contributed by atoms with Gasteiger partial charge in [-0.3, -0.25) is 0 Å². The van der Waals surface area contributed by atoms with Gasteiger partial charge in [0.15, 0.2) is 0 Å². The SMILES string of the molecule is Cc1cc(C(C)(O)CNC(=O)NC2CC3CCCC(C2)N3C)c(C)o1. The Balaban J connectivity index is 1.52. The largest absolute Gasteiger partial charge is 0.466 e. The number of hydrogen-bond donors (Lipinski definition) is 3. The van der Waals surface area contributed by atoms with Gasteiger partial charge in [-0.2, -0.15) is 0 Å². The van der Waals surface area contributed by atoms with Gasteiger partial charge in [-0.25, -0.2) is 4.79 Å². The fourth-order valence-corrected chi connectivity index (χ4v) is 4.48. The first-order valence-corrected chi connectivity index (χ1v) is 9.32. The number of furan rings is 1. The van der Waals surface area contributed by atoms with E-state index in [1.165, 1.54) is 19.3 Å². The highest BCUT2D eigenvalue weighted by Gasteiger charge is 2.36. The molecule has 2 aliphatic heterocycles. The standard InChI is InChI=1S/C19H31N3O3/c1-12-8-17(13(2)25-12)19(3,24)11-20-18(23)21-14-9-15-6-5-7-16(10-14)22(15)4/h8,14-16,24H,5-7,9-11H2,1-4H3,(H2,20,21,23). The van der Waals surface area contributed by atoms with Crippen molar-refractivity contribution < 1.29 is 14.3 Å². The molecule has 2 saturated heterocycles. The van der Waals surface area contributed by atoms with Gasteiger partial charge in [0, 0.05) is 23.7 Å². The molecule has 25 heavy (non-hydrogen) atoms. The van der Waals surface area contributed by atoms with E-state index in [9.17, 15) is 9.90 Å². The molecule has 3 unspecified atom stereocenters. The maximum absolute atomic E-state index is 12.3. The van der Waals surface area contributed by atoms with Crippen LogP contribution in [0.2, 0.25) is 0 Å². The molecule has 1 aromatic heterocycles. The van der Waals surface area contributed by atoms with E-state index >= 15 is 0 Å². The summed E-state index contributed by atoms with van der Waals surface area (Å²) in [6, 6.07) is 3.00. The molecule has 2 fully saturated rings. The molecule has 0 saturated carbocycles. The van der Waals surface area contributed by atoms with E-state index in [0.29, 0.717) is 17.8 Å². The van der Waals surface area contributed by atoms with E-state index in [-0.39, 0.29) is 18.6 Å². The normalized spacial score (nSPS) is 29.1. The lowest BCUT2D eigenvalue weighted by Crippen LogP contribution is -2.57. The zero-order chi connectivity index (χ0) is 18.2. The maximum atomic E-state index is 12.3. The molecule has 6 nitrogen and oxygen atoms in total. The van der Waals surface area contributed by atoms with Crippen molar-refractivity contribution in [3.63, 3.8) is 0 Å². The Hall–Kier alpha value is -1.53.